The van der Waals surface area contributed by atoms with Crippen molar-refractivity contribution in [2.45, 2.75) is 12.5 Å². The molecule has 1 atom stereocenters. The van der Waals surface area contributed by atoms with Gasteiger partial charge in [0.15, 0.2) is 0 Å². The average molecular weight is 373 g/mol. The van der Waals surface area contributed by atoms with Crippen molar-refractivity contribution in [3.8, 4) is 16.1 Å². The molecule has 4 rings (SSSR count). The standard InChI is InChI=1S/C17H15N3O3S2/c21-15(20-8-5-14(11-20)23-17-19-7-10-25-17)12-1-3-13(4-2-12)22-16-18-6-9-24-16/h1-4,6-7,9-10,14H,5,8,11H2. The second kappa shape index (κ2) is 7.20. The highest BCUT2D eigenvalue weighted by Crippen LogP contribution is 2.25. The summed E-state index contributed by atoms with van der Waals surface area (Å²) in [5.74, 6) is 0.670. The van der Waals surface area contributed by atoms with E-state index in [2.05, 4.69) is 9.97 Å². The molecule has 1 aromatic carbocycles. The first-order valence-electron chi connectivity index (χ1n) is 7.81. The highest BCUT2D eigenvalue weighted by molar-refractivity contribution is 7.11. The lowest BCUT2D eigenvalue weighted by Crippen LogP contribution is -2.30. The van der Waals surface area contributed by atoms with Crippen molar-refractivity contribution in [2.75, 3.05) is 13.1 Å². The Kier molecular flexibility index (Phi) is 4.62. The van der Waals surface area contributed by atoms with E-state index < -0.39 is 0 Å². The van der Waals surface area contributed by atoms with E-state index in [0.29, 0.717) is 34.8 Å². The molecule has 3 heterocycles. The Hall–Kier alpha value is -2.45. The molecule has 0 N–H and O–H groups in total. The minimum absolute atomic E-state index is 0.00242. The van der Waals surface area contributed by atoms with Crippen LogP contribution in [0, 0.1) is 0 Å². The third-order valence-corrected chi connectivity index (χ3v) is 5.13. The zero-order chi connectivity index (χ0) is 17.1. The first-order chi connectivity index (χ1) is 12.3. The Balaban J connectivity index is 1.36. The fraction of sp³-hybridized carbons (Fsp3) is 0.235. The maximum absolute atomic E-state index is 12.6. The summed E-state index contributed by atoms with van der Waals surface area (Å²) in [5.41, 5.74) is 0.640. The second-order valence-electron chi connectivity index (χ2n) is 5.50. The molecule has 0 saturated carbocycles. The molecule has 0 aliphatic carbocycles. The molecule has 25 heavy (non-hydrogen) atoms. The predicted octanol–water partition coefficient (Wildman–Crippen LogP) is 3.69. The van der Waals surface area contributed by atoms with E-state index in [4.69, 9.17) is 9.47 Å². The molecule has 1 fully saturated rings. The van der Waals surface area contributed by atoms with Gasteiger partial charge in [-0.2, -0.15) is 0 Å². The van der Waals surface area contributed by atoms with Crippen LogP contribution in [0.3, 0.4) is 0 Å². The van der Waals surface area contributed by atoms with Gasteiger partial charge in [0.1, 0.15) is 11.9 Å². The summed E-state index contributed by atoms with van der Waals surface area (Å²) in [5, 5.41) is 4.97. The monoisotopic (exact) mass is 373 g/mol. The van der Waals surface area contributed by atoms with Gasteiger partial charge in [-0.25, -0.2) is 9.97 Å². The van der Waals surface area contributed by atoms with E-state index >= 15 is 0 Å². The molecule has 8 heteroatoms. The van der Waals surface area contributed by atoms with Crippen molar-refractivity contribution in [2.24, 2.45) is 0 Å². The number of carbonyl (C=O) groups excluding carboxylic acids is 1. The van der Waals surface area contributed by atoms with Crippen LogP contribution >= 0.6 is 22.7 Å². The highest BCUT2D eigenvalue weighted by Gasteiger charge is 2.28. The van der Waals surface area contributed by atoms with Crippen LogP contribution in [0.4, 0.5) is 0 Å². The first-order valence-corrected chi connectivity index (χ1v) is 9.57. The molecule has 0 bridgehead atoms. The second-order valence-corrected chi connectivity index (χ2v) is 7.22. The smallest absolute Gasteiger partial charge is 0.278 e. The zero-order valence-electron chi connectivity index (χ0n) is 13.2. The molecule has 128 valence electrons. The van der Waals surface area contributed by atoms with Gasteiger partial charge in [-0.05, 0) is 24.3 Å². The molecule has 1 unspecified atom stereocenters. The van der Waals surface area contributed by atoms with Gasteiger partial charge in [-0.1, -0.05) is 22.7 Å². The lowest BCUT2D eigenvalue weighted by molar-refractivity contribution is 0.0772. The van der Waals surface area contributed by atoms with Crippen LogP contribution in [0.2, 0.25) is 0 Å². The average Bonchev–Trinajstić information content (AvgIpc) is 3.38. The first kappa shape index (κ1) is 16.0. The molecule has 3 aromatic rings. The number of hydrogen-bond acceptors (Lipinski definition) is 7. The quantitative estimate of drug-likeness (QED) is 0.682. The highest BCUT2D eigenvalue weighted by atomic mass is 32.1. The summed E-state index contributed by atoms with van der Waals surface area (Å²) >= 11 is 2.89. The number of nitrogens with zero attached hydrogens (tertiary/aromatic N) is 3. The Labute approximate surface area is 152 Å². The van der Waals surface area contributed by atoms with Gasteiger partial charge in [-0.3, -0.25) is 4.79 Å². The van der Waals surface area contributed by atoms with Crippen LogP contribution in [-0.4, -0.2) is 40.0 Å². The number of benzene rings is 1. The number of ether oxygens (including phenoxy) is 2. The number of carbonyl (C=O) groups is 1. The summed E-state index contributed by atoms with van der Waals surface area (Å²) in [6.45, 7) is 1.27. The van der Waals surface area contributed by atoms with Crippen molar-refractivity contribution >= 4 is 28.6 Å². The number of thiazole rings is 2. The van der Waals surface area contributed by atoms with E-state index in [1.54, 1.807) is 36.7 Å². The molecular weight excluding hydrogens is 358 g/mol. The third kappa shape index (κ3) is 3.80. The zero-order valence-corrected chi connectivity index (χ0v) is 14.8. The van der Waals surface area contributed by atoms with Crippen LogP contribution in [0.1, 0.15) is 16.8 Å². The van der Waals surface area contributed by atoms with Crippen molar-refractivity contribution in [3.63, 3.8) is 0 Å². The Bertz CT molecular complexity index is 819. The van der Waals surface area contributed by atoms with E-state index in [-0.39, 0.29) is 12.0 Å². The maximum atomic E-state index is 12.6. The molecular formula is C17H15N3O3S2. The molecule has 1 amide bonds. The van der Waals surface area contributed by atoms with E-state index in [9.17, 15) is 4.79 Å². The lowest BCUT2D eigenvalue weighted by atomic mass is 10.2. The number of likely N-dealkylation sites (tertiary alicyclic amines) is 1. The summed E-state index contributed by atoms with van der Waals surface area (Å²) < 4.78 is 11.4. The Morgan fingerprint density at radius 3 is 2.48 bits per heavy atom. The minimum Gasteiger partial charge on any atom is -0.465 e. The normalized spacial score (nSPS) is 16.8. The summed E-state index contributed by atoms with van der Waals surface area (Å²) in [7, 11) is 0. The number of hydrogen-bond donors (Lipinski definition) is 0. The fourth-order valence-electron chi connectivity index (χ4n) is 2.63. The third-order valence-electron chi connectivity index (χ3n) is 3.83. The van der Waals surface area contributed by atoms with Crippen molar-refractivity contribution in [1.82, 2.24) is 14.9 Å². The number of rotatable bonds is 5. The molecule has 6 nitrogen and oxygen atoms in total. The van der Waals surface area contributed by atoms with E-state index in [1.165, 1.54) is 22.7 Å². The molecule has 0 spiro atoms. The van der Waals surface area contributed by atoms with Crippen LogP contribution in [0.15, 0.2) is 47.4 Å². The van der Waals surface area contributed by atoms with Crippen LogP contribution in [-0.2, 0) is 0 Å². The van der Waals surface area contributed by atoms with Gasteiger partial charge in [0.05, 0.1) is 6.54 Å². The largest absolute Gasteiger partial charge is 0.465 e. The van der Waals surface area contributed by atoms with Gasteiger partial charge >= 0.3 is 0 Å². The lowest BCUT2D eigenvalue weighted by Gasteiger charge is -2.16. The van der Waals surface area contributed by atoms with Crippen molar-refractivity contribution in [1.29, 1.82) is 0 Å². The number of aromatic nitrogens is 2. The minimum atomic E-state index is 0.00242. The molecule has 1 aliphatic heterocycles. The van der Waals surface area contributed by atoms with E-state index in [1.807, 2.05) is 15.7 Å². The molecule has 1 aliphatic rings. The van der Waals surface area contributed by atoms with Gasteiger partial charge in [-0.15, -0.1) is 0 Å². The Morgan fingerprint density at radius 2 is 1.80 bits per heavy atom. The van der Waals surface area contributed by atoms with Crippen molar-refractivity contribution in [3.05, 3.63) is 53.0 Å². The molecule has 2 aromatic heterocycles. The van der Waals surface area contributed by atoms with Gasteiger partial charge < -0.3 is 14.4 Å². The SMILES string of the molecule is O=C(c1ccc(Oc2nccs2)cc1)N1CCC(Oc2nccs2)C1. The summed E-state index contributed by atoms with van der Waals surface area (Å²) in [6, 6.07) is 7.13. The van der Waals surface area contributed by atoms with Crippen LogP contribution in [0.25, 0.3) is 0 Å². The fourth-order valence-corrected chi connectivity index (χ4v) is 3.69. The Morgan fingerprint density at radius 1 is 1.08 bits per heavy atom. The summed E-state index contributed by atoms with van der Waals surface area (Å²) in [6.07, 6.45) is 4.22. The van der Waals surface area contributed by atoms with Crippen LogP contribution in [0.5, 0.6) is 16.1 Å². The number of amides is 1. The maximum Gasteiger partial charge on any atom is 0.278 e. The molecule has 0 radical (unpaired) electrons. The van der Waals surface area contributed by atoms with Gasteiger partial charge in [0, 0.05) is 41.7 Å². The predicted molar refractivity (Wildman–Crippen MR) is 95.7 cm³/mol. The summed E-state index contributed by atoms with van der Waals surface area (Å²) in [4.78, 5) is 22.6. The van der Waals surface area contributed by atoms with E-state index in [0.717, 1.165) is 6.42 Å². The topological polar surface area (TPSA) is 64.5 Å². The van der Waals surface area contributed by atoms with Crippen LogP contribution < -0.4 is 9.47 Å². The molecule has 1 saturated heterocycles. The van der Waals surface area contributed by atoms with Gasteiger partial charge in [0.25, 0.3) is 16.3 Å². The van der Waals surface area contributed by atoms with Crippen molar-refractivity contribution < 1.29 is 14.3 Å². The van der Waals surface area contributed by atoms with Gasteiger partial charge in [0.2, 0.25) is 0 Å².